The fourth-order valence-corrected chi connectivity index (χ4v) is 4.48. The van der Waals surface area contributed by atoms with E-state index in [9.17, 15) is 9.59 Å². The summed E-state index contributed by atoms with van der Waals surface area (Å²) in [6, 6.07) is 18.4. The molecule has 0 unspecified atom stereocenters. The number of nitrogens with one attached hydrogen (secondary N) is 1. The van der Waals surface area contributed by atoms with Crippen molar-refractivity contribution in [1.82, 2.24) is 10.2 Å². The second kappa shape index (κ2) is 10.5. The Kier molecular flexibility index (Phi) is 7.43. The van der Waals surface area contributed by atoms with Gasteiger partial charge in [0.25, 0.3) is 5.91 Å². The number of carbonyl (C=O) groups is 2. The molecule has 0 saturated carbocycles. The van der Waals surface area contributed by atoms with Crippen molar-refractivity contribution in [1.29, 1.82) is 0 Å². The van der Waals surface area contributed by atoms with E-state index in [4.69, 9.17) is 21.1 Å². The zero-order valence-electron chi connectivity index (χ0n) is 18.6. The van der Waals surface area contributed by atoms with Crippen molar-refractivity contribution in [3.8, 4) is 11.5 Å². The second-order valence-electron chi connectivity index (χ2n) is 7.82. The van der Waals surface area contributed by atoms with Gasteiger partial charge in [0.1, 0.15) is 12.3 Å². The normalized spacial score (nSPS) is 14.5. The summed E-state index contributed by atoms with van der Waals surface area (Å²) in [4.78, 5) is 26.6. The van der Waals surface area contributed by atoms with Gasteiger partial charge in [-0.15, -0.1) is 0 Å². The first-order valence-electron chi connectivity index (χ1n) is 10.5. The largest absolute Gasteiger partial charge is 0.493 e. The number of halogens is 2. The molecule has 0 spiro atoms. The number of aryl methyl sites for hydroxylation is 1. The summed E-state index contributed by atoms with van der Waals surface area (Å²) in [7, 11) is 1.56. The highest BCUT2D eigenvalue weighted by atomic mass is 127. The van der Waals surface area contributed by atoms with Crippen molar-refractivity contribution >= 4 is 52.2 Å². The van der Waals surface area contributed by atoms with E-state index in [1.54, 1.807) is 19.3 Å². The van der Waals surface area contributed by atoms with Gasteiger partial charge in [0.15, 0.2) is 11.5 Å². The Morgan fingerprint density at radius 1 is 1.06 bits per heavy atom. The molecule has 0 bridgehead atoms. The highest BCUT2D eigenvalue weighted by Gasteiger charge is 2.33. The van der Waals surface area contributed by atoms with Gasteiger partial charge in [0, 0.05) is 5.02 Å². The van der Waals surface area contributed by atoms with E-state index >= 15 is 0 Å². The Hall–Kier alpha value is -3.04. The molecule has 6 nitrogen and oxygen atoms in total. The van der Waals surface area contributed by atoms with E-state index < -0.39 is 6.03 Å². The number of hydrogen-bond donors (Lipinski definition) is 1. The van der Waals surface area contributed by atoms with Crippen LogP contribution < -0.4 is 14.8 Å². The number of amides is 3. The molecule has 0 atom stereocenters. The third-order valence-electron chi connectivity index (χ3n) is 5.24. The first-order valence-corrected chi connectivity index (χ1v) is 11.9. The molecular formula is C26H22ClIN2O4. The Bertz CT molecular complexity index is 1270. The summed E-state index contributed by atoms with van der Waals surface area (Å²) < 4.78 is 12.3. The number of imide groups is 1. The van der Waals surface area contributed by atoms with Crippen molar-refractivity contribution in [3.05, 3.63) is 97.2 Å². The molecule has 1 fully saturated rings. The highest BCUT2D eigenvalue weighted by molar-refractivity contribution is 14.1. The molecule has 1 saturated heterocycles. The predicted octanol–water partition coefficient (Wildman–Crippen LogP) is 5.93. The average molecular weight is 589 g/mol. The van der Waals surface area contributed by atoms with Gasteiger partial charge in [-0.3, -0.25) is 9.69 Å². The maximum atomic E-state index is 12.9. The number of urea groups is 1. The Morgan fingerprint density at radius 2 is 1.82 bits per heavy atom. The number of methoxy groups -OCH3 is 1. The topological polar surface area (TPSA) is 67.9 Å². The molecule has 8 heteroatoms. The molecule has 1 aliphatic rings. The van der Waals surface area contributed by atoms with Gasteiger partial charge in [0.2, 0.25) is 0 Å². The quantitative estimate of drug-likeness (QED) is 0.211. The van der Waals surface area contributed by atoms with Gasteiger partial charge in [-0.2, -0.15) is 0 Å². The van der Waals surface area contributed by atoms with E-state index in [2.05, 4.69) is 27.9 Å². The second-order valence-corrected chi connectivity index (χ2v) is 9.42. The highest BCUT2D eigenvalue weighted by Crippen LogP contribution is 2.35. The lowest BCUT2D eigenvalue weighted by Crippen LogP contribution is -2.30. The summed E-state index contributed by atoms with van der Waals surface area (Å²) in [5.41, 5.74) is 3.86. The average Bonchev–Trinajstić information content (AvgIpc) is 3.06. The van der Waals surface area contributed by atoms with E-state index in [0.29, 0.717) is 28.7 Å². The van der Waals surface area contributed by atoms with Crippen molar-refractivity contribution in [2.45, 2.75) is 20.1 Å². The Morgan fingerprint density at radius 3 is 2.53 bits per heavy atom. The lowest BCUT2D eigenvalue weighted by molar-refractivity contribution is -0.123. The van der Waals surface area contributed by atoms with Crippen LogP contribution in [0.25, 0.3) is 6.08 Å². The fraction of sp³-hybridized carbons (Fsp3) is 0.154. The lowest BCUT2D eigenvalue weighted by Gasteiger charge is -2.14. The Balaban J connectivity index is 1.53. The third kappa shape index (κ3) is 5.53. The molecule has 1 N–H and O–H groups in total. The first-order chi connectivity index (χ1) is 16.3. The number of benzene rings is 3. The molecule has 4 rings (SSSR count). The van der Waals surface area contributed by atoms with Crippen molar-refractivity contribution in [2.75, 3.05) is 7.11 Å². The molecule has 1 heterocycles. The van der Waals surface area contributed by atoms with E-state index in [1.807, 2.05) is 61.5 Å². The summed E-state index contributed by atoms with van der Waals surface area (Å²) >= 11 is 8.11. The minimum Gasteiger partial charge on any atom is -0.493 e. The van der Waals surface area contributed by atoms with Crippen LogP contribution in [-0.4, -0.2) is 23.9 Å². The number of rotatable bonds is 7. The van der Waals surface area contributed by atoms with Crippen LogP contribution in [0.15, 0.2) is 66.4 Å². The molecule has 0 aliphatic carbocycles. The predicted molar refractivity (Wildman–Crippen MR) is 140 cm³/mol. The van der Waals surface area contributed by atoms with Gasteiger partial charge < -0.3 is 14.8 Å². The van der Waals surface area contributed by atoms with Crippen LogP contribution in [-0.2, 0) is 17.9 Å². The van der Waals surface area contributed by atoms with Gasteiger partial charge >= 0.3 is 6.03 Å². The third-order valence-corrected chi connectivity index (χ3v) is 6.30. The van der Waals surface area contributed by atoms with Gasteiger partial charge in [0.05, 0.1) is 17.2 Å². The fourth-order valence-electron chi connectivity index (χ4n) is 3.57. The van der Waals surface area contributed by atoms with Crippen LogP contribution in [0.2, 0.25) is 5.02 Å². The molecule has 0 aromatic heterocycles. The zero-order chi connectivity index (χ0) is 24.2. The number of carbonyl (C=O) groups excluding carboxylic acids is 2. The molecule has 174 valence electrons. The lowest BCUT2D eigenvalue weighted by atomic mass is 10.1. The molecule has 3 aromatic rings. The minimum atomic E-state index is -0.442. The minimum absolute atomic E-state index is 0.210. The van der Waals surface area contributed by atoms with Crippen LogP contribution in [0.5, 0.6) is 11.5 Å². The number of ether oxygens (including phenoxy) is 2. The Labute approximate surface area is 216 Å². The smallest absolute Gasteiger partial charge is 0.329 e. The standard InChI is InChI=1S/C26H22ClIN2O4/c1-16-4-3-5-18(10-16)14-30-25(31)22(29-26(30)32)12-19-11-21(28)24(23(13-19)33-2)34-15-17-6-8-20(27)9-7-17/h3-13H,14-15H2,1-2H3,(H,29,32)/b22-12-. The van der Waals surface area contributed by atoms with Gasteiger partial charge in [-0.25, -0.2) is 4.79 Å². The summed E-state index contributed by atoms with van der Waals surface area (Å²) in [5.74, 6) is 0.757. The van der Waals surface area contributed by atoms with Gasteiger partial charge in [-0.05, 0) is 76.5 Å². The first kappa shape index (κ1) is 24.1. The molecule has 3 amide bonds. The molecule has 1 aliphatic heterocycles. The van der Waals surface area contributed by atoms with Crippen LogP contribution >= 0.6 is 34.2 Å². The summed E-state index contributed by atoms with van der Waals surface area (Å²) in [5, 5.41) is 3.34. The van der Waals surface area contributed by atoms with Crippen LogP contribution in [0, 0.1) is 10.5 Å². The molecule has 34 heavy (non-hydrogen) atoms. The molecule has 0 radical (unpaired) electrons. The number of nitrogens with zero attached hydrogens (tertiary/aromatic N) is 1. The van der Waals surface area contributed by atoms with E-state index in [1.165, 1.54) is 4.90 Å². The van der Waals surface area contributed by atoms with E-state index in [-0.39, 0.29) is 18.1 Å². The van der Waals surface area contributed by atoms with Crippen LogP contribution in [0.4, 0.5) is 4.79 Å². The SMILES string of the molecule is COc1cc(/C=C2\NC(=O)N(Cc3cccc(C)c3)C2=O)cc(I)c1OCc1ccc(Cl)cc1. The van der Waals surface area contributed by atoms with Crippen LogP contribution in [0.3, 0.4) is 0 Å². The molecule has 3 aromatic carbocycles. The maximum absolute atomic E-state index is 12.9. The van der Waals surface area contributed by atoms with Gasteiger partial charge in [-0.1, -0.05) is 53.6 Å². The van der Waals surface area contributed by atoms with Crippen molar-refractivity contribution in [2.24, 2.45) is 0 Å². The summed E-state index contributed by atoms with van der Waals surface area (Å²) in [6.07, 6.45) is 1.64. The van der Waals surface area contributed by atoms with E-state index in [0.717, 1.165) is 20.3 Å². The number of hydrogen-bond acceptors (Lipinski definition) is 4. The zero-order valence-corrected chi connectivity index (χ0v) is 21.5. The maximum Gasteiger partial charge on any atom is 0.329 e. The monoisotopic (exact) mass is 588 g/mol. The van der Waals surface area contributed by atoms with Crippen LogP contribution in [0.1, 0.15) is 22.3 Å². The summed E-state index contributed by atoms with van der Waals surface area (Å²) in [6.45, 7) is 2.53. The van der Waals surface area contributed by atoms with Crippen molar-refractivity contribution < 1.29 is 19.1 Å². The van der Waals surface area contributed by atoms with Crippen molar-refractivity contribution in [3.63, 3.8) is 0 Å². The molecular weight excluding hydrogens is 567 g/mol.